The lowest BCUT2D eigenvalue weighted by molar-refractivity contribution is 0.0936. The van der Waals surface area contributed by atoms with Crippen LogP contribution in [-0.2, 0) is 16.4 Å². The predicted octanol–water partition coefficient (Wildman–Crippen LogP) is 3.32. The molecule has 0 radical (unpaired) electrons. The molecule has 132 valence electrons. The molecule has 1 amide bonds. The number of sulfonamides is 1. The van der Waals surface area contributed by atoms with Crippen molar-refractivity contribution in [2.24, 2.45) is 0 Å². The van der Waals surface area contributed by atoms with Crippen LogP contribution in [0.2, 0.25) is 10.0 Å². The second kappa shape index (κ2) is 6.96. The van der Waals surface area contributed by atoms with Crippen LogP contribution >= 0.6 is 23.2 Å². The van der Waals surface area contributed by atoms with Crippen molar-refractivity contribution in [2.75, 3.05) is 7.05 Å². The Balaban J connectivity index is 1.87. The Morgan fingerprint density at radius 3 is 2.64 bits per heavy atom. The summed E-state index contributed by atoms with van der Waals surface area (Å²) in [5.74, 6) is -0.411. The van der Waals surface area contributed by atoms with Gasteiger partial charge < -0.3 is 5.32 Å². The van der Waals surface area contributed by atoms with Crippen LogP contribution in [0.1, 0.15) is 33.9 Å². The van der Waals surface area contributed by atoms with Crippen molar-refractivity contribution >= 4 is 39.1 Å². The molecule has 1 aliphatic carbocycles. The zero-order valence-electron chi connectivity index (χ0n) is 13.3. The van der Waals surface area contributed by atoms with Gasteiger partial charge in [-0.1, -0.05) is 29.3 Å². The summed E-state index contributed by atoms with van der Waals surface area (Å²) in [5.41, 5.74) is 2.25. The van der Waals surface area contributed by atoms with Gasteiger partial charge in [0, 0.05) is 5.02 Å². The summed E-state index contributed by atoms with van der Waals surface area (Å²) in [5, 5.41) is 3.79. The molecular formula is C17H16Cl2N2O3S. The number of rotatable bonds is 4. The highest BCUT2D eigenvalue weighted by molar-refractivity contribution is 7.89. The molecule has 1 atom stereocenters. The first-order valence-electron chi connectivity index (χ1n) is 7.64. The van der Waals surface area contributed by atoms with Gasteiger partial charge >= 0.3 is 0 Å². The van der Waals surface area contributed by atoms with E-state index in [1.807, 2.05) is 12.1 Å². The van der Waals surface area contributed by atoms with Crippen molar-refractivity contribution < 1.29 is 13.2 Å². The number of hydrogen-bond donors (Lipinski definition) is 2. The number of halogens is 2. The Morgan fingerprint density at radius 1 is 1.16 bits per heavy atom. The topological polar surface area (TPSA) is 75.3 Å². The molecule has 2 aromatic carbocycles. The molecule has 0 bridgehead atoms. The number of carbonyl (C=O) groups excluding carboxylic acids is 1. The van der Waals surface area contributed by atoms with Gasteiger partial charge in [0.15, 0.2) is 0 Å². The third kappa shape index (κ3) is 3.67. The first kappa shape index (κ1) is 18.2. The van der Waals surface area contributed by atoms with Gasteiger partial charge in [0.25, 0.3) is 5.91 Å². The van der Waals surface area contributed by atoms with Crippen LogP contribution in [-0.4, -0.2) is 21.4 Å². The summed E-state index contributed by atoms with van der Waals surface area (Å²) >= 11 is 12.1. The molecule has 2 aromatic rings. The number of nitrogens with one attached hydrogen (secondary N) is 2. The van der Waals surface area contributed by atoms with Crippen molar-refractivity contribution in [3.05, 3.63) is 63.1 Å². The standard InChI is InChI=1S/C17H16Cl2N2O3S/c1-20-25(23,24)12-4-6-15(19)14(9-12)17(22)21-16-7-2-10-8-11(18)3-5-13(10)16/h3-6,8-9,16,20H,2,7H2,1H3,(H,21,22)/t16-/m1/s1. The zero-order chi connectivity index (χ0) is 18.2. The summed E-state index contributed by atoms with van der Waals surface area (Å²) in [4.78, 5) is 12.6. The minimum Gasteiger partial charge on any atom is -0.345 e. The first-order chi connectivity index (χ1) is 11.8. The maximum Gasteiger partial charge on any atom is 0.253 e. The average molecular weight is 399 g/mol. The van der Waals surface area contributed by atoms with E-state index in [4.69, 9.17) is 23.2 Å². The quantitative estimate of drug-likeness (QED) is 0.828. The molecule has 0 unspecified atom stereocenters. The van der Waals surface area contributed by atoms with E-state index in [0.717, 1.165) is 24.0 Å². The van der Waals surface area contributed by atoms with Gasteiger partial charge in [-0.05, 0) is 61.3 Å². The van der Waals surface area contributed by atoms with E-state index in [2.05, 4.69) is 10.0 Å². The van der Waals surface area contributed by atoms with Gasteiger partial charge in [-0.2, -0.15) is 0 Å². The number of aryl methyl sites for hydroxylation is 1. The number of amides is 1. The lowest BCUT2D eigenvalue weighted by Crippen LogP contribution is -2.28. The van der Waals surface area contributed by atoms with E-state index in [0.29, 0.717) is 5.02 Å². The van der Waals surface area contributed by atoms with Crippen molar-refractivity contribution in [3.8, 4) is 0 Å². The summed E-state index contributed by atoms with van der Waals surface area (Å²) in [6.07, 6.45) is 1.58. The zero-order valence-corrected chi connectivity index (χ0v) is 15.7. The van der Waals surface area contributed by atoms with Crippen LogP contribution in [0.25, 0.3) is 0 Å². The molecule has 5 nitrogen and oxygen atoms in total. The maximum absolute atomic E-state index is 12.6. The summed E-state index contributed by atoms with van der Waals surface area (Å²) < 4.78 is 26.1. The van der Waals surface area contributed by atoms with Gasteiger partial charge in [0.1, 0.15) is 0 Å². The Hall–Kier alpha value is -1.60. The van der Waals surface area contributed by atoms with Crippen molar-refractivity contribution in [3.63, 3.8) is 0 Å². The smallest absolute Gasteiger partial charge is 0.253 e. The monoisotopic (exact) mass is 398 g/mol. The minimum absolute atomic E-state index is 0.0110. The average Bonchev–Trinajstić information content (AvgIpc) is 2.96. The molecule has 0 aliphatic heterocycles. The summed E-state index contributed by atoms with van der Waals surface area (Å²) in [7, 11) is -2.35. The molecule has 3 rings (SSSR count). The lowest BCUT2D eigenvalue weighted by Gasteiger charge is -2.15. The molecule has 8 heteroatoms. The fourth-order valence-electron chi connectivity index (χ4n) is 2.94. The van der Waals surface area contributed by atoms with E-state index < -0.39 is 15.9 Å². The molecule has 0 saturated carbocycles. The van der Waals surface area contributed by atoms with Gasteiger partial charge in [-0.15, -0.1) is 0 Å². The van der Waals surface area contributed by atoms with Crippen molar-refractivity contribution in [2.45, 2.75) is 23.8 Å². The maximum atomic E-state index is 12.6. The van der Waals surface area contributed by atoms with Crippen LogP contribution in [0.3, 0.4) is 0 Å². The number of benzene rings is 2. The summed E-state index contributed by atoms with van der Waals surface area (Å²) in [6, 6.07) is 9.48. The molecule has 0 saturated heterocycles. The Labute approximate surface area is 156 Å². The highest BCUT2D eigenvalue weighted by Gasteiger charge is 2.26. The second-order valence-corrected chi connectivity index (χ2v) is 8.49. The molecule has 0 fully saturated rings. The molecule has 0 aromatic heterocycles. The third-order valence-corrected chi connectivity index (χ3v) is 6.23. The van der Waals surface area contributed by atoms with Crippen molar-refractivity contribution in [1.82, 2.24) is 10.0 Å². The van der Waals surface area contributed by atoms with Gasteiger partial charge in [-0.25, -0.2) is 13.1 Å². The fourth-order valence-corrected chi connectivity index (χ4v) is 4.09. The highest BCUT2D eigenvalue weighted by Crippen LogP contribution is 2.33. The molecule has 2 N–H and O–H groups in total. The van der Waals surface area contributed by atoms with Crippen LogP contribution in [0.15, 0.2) is 41.3 Å². The molecule has 1 aliphatic rings. The first-order valence-corrected chi connectivity index (χ1v) is 9.88. The molecule has 25 heavy (non-hydrogen) atoms. The van der Waals surface area contributed by atoms with E-state index >= 15 is 0 Å². The predicted molar refractivity (Wildman–Crippen MR) is 97.7 cm³/mol. The number of carbonyl (C=O) groups is 1. The van der Waals surface area contributed by atoms with E-state index in [9.17, 15) is 13.2 Å². The minimum atomic E-state index is -3.65. The number of fused-ring (bicyclic) bond motifs is 1. The van der Waals surface area contributed by atoms with E-state index in [-0.39, 0.29) is 21.5 Å². The van der Waals surface area contributed by atoms with Gasteiger partial charge in [0.05, 0.1) is 21.5 Å². The second-order valence-electron chi connectivity index (χ2n) is 5.76. The largest absolute Gasteiger partial charge is 0.345 e. The third-order valence-electron chi connectivity index (χ3n) is 4.25. The Morgan fingerprint density at radius 2 is 1.92 bits per heavy atom. The van der Waals surface area contributed by atoms with Crippen LogP contribution < -0.4 is 10.0 Å². The van der Waals surface area contributed by atoms with E-state index in [1.54, 1.807) is 6.07 Å². The number of hydrogen-bond acceptors (Lipinski definition) is 3. The normalized spacial score (nSPS) is 16.5. The SMILES string of the molecule is CNS(=O)(=O)c1ccc(Cl)c(C(=O)N[C@@H]2CCc3cc(Cl)ccc32)c1. The van der Waals surface area contributed by atoms with Crippen molar-refractivity contribution in [1.29, 1.82) is 0 Å². The van der Waals surface area contributed by atoms with Gasteiger partial charge in [0.2, 0.25) is 10.0 Å². The van der Waals surface area contributed by atoms with E-state index in [1.165, 1.54) is 25.2 Å². The Kier molecular flexibility index (Phi) is 5.06. The fraction of sp³-hybridized carbons (Fsp3) is 0.235. The van der Waals surface area contributed by atoms with Crippen LogP contribution in [0, 0.1) is 0 Å². The summed E-state index contributed by atoms with van der Waals surface area (Å²) in [6.45, 7) is 0. The van der Waals surface area contributed by atoms with Gasteiger partial charge in [-0.3, -0.25) is 4.79 Å². The molecule has 0 heterocycles. The highest BCUT2D eigenvalue weighted by atomic mass is 35.5. The molecular weight excluding hydrogens is 383 g/mol. The van der Waals surface area contributed by atoms with Crippen LogP contribution in [0.5, 0.6) is 0 Å². The molecule has 0 spiro atoms. The lowest BCUT2D eigenvalue weighted by atomic mass is 10.1. The van der Waals surface area contributed by atoms with Crippen LogP contribution in [0.4, 0.5) is 0 Å². The Bertz CT molecular complexity index is 945.